The van der Waals surface area contributed by atoms with Gasteiger partial charge >= 0.3 is 6.03 Å². The van der Waals surface area contributed by atoms with Gasteiger partial charge in [-0.2, -0.15) is 0 Å². The quantitative estimate of drug-likeness (QED) is 0.285. The van der Waals surface area contributed by atoms with E-state index in [1.54, 1.807) is 4.90 Å². The first-order valence-electron chi connectivity index (χ1n) is 5.69. The molecule has 1 aliphatic heterocycles. The minimum Gasteiger partial charge on any atom is -0.409 e. The molecular formula is C10H20N4O2. The third-order valence-corrected chi connectivity index (χ3v) is 2.84. The van der Waals surface area contributed by atoms with Crippen LogP contribution in [0, 0.1) is 5.92 Å². The number of nitrogens with two attached hydrogens (primary N) is 1. The average molecular weight is 228 g/mol. The Kier molecular flexibility index (Phi) is 4.88. The van der Waals surface area contributed by atoms with Crippen LogP contribution in [0.15, 0.2) is 5.16 Å². The Hall–Kier alpha value is -1.46. The van der Waals surface area contributed by atoms with Gasteiger partial charge in [0.15, 0.2) is 0 Å². The lowest BCUT2D eigenvalue weighted by molar-refractivity contribution is 0.179. The molecule has 6 heteroatoms. The highest BCUT2D eigenvalue weighted by molar-refractivity contribution is 5.82. The highest BCUT2D eigenvalue weighted by Gasteiger charge is 2.24. The molecule has 0 aromatic rings. The SMILES string of the molecule is CCCNC(=O)N1CCC(C(N)=NO)CC1. The first-order valence-corrected chi connectivity index (χ1v) is 5.69. The first-order chi connectivity index (χ1) is 7.69. The molecule has 92 valence electrons. The maximum Gasteiger partial charge on any atom is 0.317 e. The lowest BCUT2D eigenvalue weighted by atomic mass is 9.96. The number of carbonyl (C=O) groups is 1. The molecule has 0 aliphatic carbocycles. The van der Waals surface area contributed by atoms with Crippen LogP contribution < -0.4 is 11.1 Å². The summed E-state index contributed by atoms with van der Waals surface area (Å²) in [6.45, 7) is 4.05. The minimum atomic E-state index is -0.0141. The van der Waals surface area contributed by atoms with Crippen molar-refractivity contribution in [2.45, 2.75) is 26.2 Å². The van der Waals surface area contributed by atoms with E-state index in [1.165, 1.54) is 0 Å². The molecule has 0 bridgehead atoms. The second kappa shape index (κ2) is 6.19. The van der Waals surface area contributed by atoms with Crippen LogP contribution in [0.2, 0.25) is 0 Å². The highest BCUT2D eigenvalue weighted by atomic mass is 16.4. The predicted octanol–water partition coefficient (Wildman–Crippen LogP) is 0.564. The van der Waals surface area contributed by atoms with E-state index < -0.39 is 0 Å². The van der Waals surface area contributed by atoms with E-state index in [4.69, 9.17) is 10.9 Å². The van der Waals surface area contributed by atoms with Crippen molar-refractivity contribution in [2.75, 3.05) is 19.6 Å². The lowest BCUT2D eigenvalue weighted by Crippen LogP contribution is -2.46. The molecule has 0 saturated carbocycles. The zero-order chi connectivity index (χ0) is 12.0. The van der Waals surface area contributed by atoms with Gasteiger partial charge in [-0.25, -0.2) is 4.79 Å². The number of nitrogens with zero attached hydrogens (tertiary/aromatic N) is 2. The Bertz CT molecular complexity index is 260. The van der Waals surface area contributed by atoms with Crippen LogP contribution in [-0.4, -0.2) is 41.6 Å². The summed E-state index contributed by atoms with van der Waals surface area (Å²) in [7, 11) is 0. The summed E-state index contributed by atoms with van der Waals surface area (Å²) >= 11 is 0. The molecule has 1 heterocycles. The Labute approximate surface area is 95.5 Å². The van der Waals surface area contributed by atoms with Crippen molar-refractivity contribution in [2.24, 2.45) is 16.8 Å². The summed E-state index contributed by atoms with van der Waals surface area (Å²) in [5.74, 6) is 0.369. The Morgan fingerprint density at radius 3 is 2.69 bits per heavy atom. The number of urea groups is 1. The molecule has 4 N–H and O–H groups in total. The molecule has 0 aromatic carbocycles. The fourth-order valence-electron chi connectivity index (χ4n) is 1.80. The van der Waals surface area contributed by atoms with E-state index in [1.807, 2.05) is 6.92 Å². The maximum absolute atomic E-state index is 11.6. The van der Waals surface area contributed by atoms with E-state index in [0.717, 1.165) is 19.3 Å². The second-order valence-corrected chi connectivity index (χ2v) is 4.02. The van der Waals surface area contributed by atoms with Crippen molar-refractivity contribution in [3.63, 3.8) is 0 Å². The number of amides is 2. The van der Waals surface area contributed by atoms with Gasteiger partial charge in [0, 0.05) is 25.6 Å². The van der Waals surface area contributed by atoms with Crippen LogP contribution in [0.3, 0.4) is 0 Å². The third kappa shape index (κ3) is 3.29. The van der Waals surface area contributed by atoms with Crippen molar-refractivity contribution in [3.05, 3.63) is 0 Å². The Morgan fingerprint density at radius 2 is 2.19 bits per heavy atom. The molecule has 1 aliphatic rings. The van der Waals surface area contributed by atoms with Gasteiger partial charge in [-0.1, -0.05) is 12.1 Å². The third-order valence-electron chi connectivity index (χ3n) is 2.84. The standard InChI is InChI=1S/C10H20N4O2/c1-2-5-12-10(15)14-6-3-8(4-7-14)9(11)13-16/h8,16H,2-7H2,1H3,(H2,11,13)(H,12,15). The van der Waals surface area contributed by atoms with Crippen molar-refractivity contribution >= 4 is 11.9 Å². The normalized spacial score (nSPS) is 18.6. The van der Waals surface area contributed by atoms with Gasteiger partial charge in [-0.3, -0.25) is 0 Å². The second-order valence-electron chi connectivity index (χ2n) is 4.02. The molecule has 6 nitrogen and oxygen atoms in total. The molecule has 0 radical (unpaired) electrons. The van der Waals surface area contributed by atoms with Crippen molar-refractivity contribution < 1.29 is 10.0 Å². The first kappa shape index (κ1) is 12.6. The maximum atomic E-state index is 11.6. The van der Waals surface area contributed by atoms with Crippen LogP contribution in [0.1, 0.15) is 26.2 Å². The van der Waals surface area contributed by atoms with E-state index >= 15 is 0 Å². The molecule has 1 saturated heterocycles. The van der Waals surface area contributed by atoms with Crippen molar-refractivity contribution in [1.82, 2.24) is 10.2 Å². The van der Waals surface area contributed by atoms with E-state index in [-0.39, 0.29) is 17.8 Å². The topological polar surface area (TPSA) is 91.0 Å². The van der Waals surface area contributed by atoms with Gasteiger partial charge in [0.2, 0.25) is 0 Å². The summed E-state index contributed by atoms with van der Waals surface area (Å²) in [5.41, 5.74) is 5.53. The average Bonchev–Trinajstić information content (AvgIpc) is 2.35. The van der Waals surface area contributed by atoms with Gasteiger partial charge in [0.1, 0.15) is 5.84 Å². The Balaban J connectivity index is 2.34. The minimum absolute atomic E-state index is 0.0141. The number of oxime groups is 1. The molecule has 2 amide bonds. The molecular weight excluding hydrogens is 208 g/mol. The number of rotatable bonds is 3. The molecule has 1 fully saturated rings. The lowest BCUT2D eigenvalue weighted by Gasteiger charge is -2.31. The van der Waals surface area contributed by atoms with Crippen LogP contribution in [-0.2, 0) is 0 Å². The summed E-state index contributed by atoms with van der Waals surface area (Å²) in [6.07, 6.45) is 2.46. The number of piperidine rings is 1. The zero-order valence-corrected chi connectivity index (χ0v) is 9.65. The molecule has 0 atom stereocenters. The van der Waals surface area contributed by atoms with Crippen molar-refractivity contribution in [3.8, 4) is 0 Å². The number of amidine groups is 1. The van der Waals surface area contributed by atoms with Crippen LogP contribution in [0.25, 0.3) is 0 Å². The fraction of sp³-hybridized carbons (Fsp3) is 0.800. The number of hydrogen-bond acceptors (Lipinski definition) is 3. The summed E-state index contributed by atoms with van der Waals surface area (Å²) in [5, 5.41) is 14.4. The predicted molar refractivity (Wildman–Crippen MR) is 61.4 cm³/mol. The molecule has 0 unspecified atom stereocenters. The van der Waals surface area contributed by atoms with E-state index in [0.29, 0.717) is 19.6 Å². The molecule has 0 aromatic heterocycles. The monoisotopic (exact) mass is 228 g/mol. The van der Waals surface area contributed by atoms with Gasteiger partial charge < -0.3 is 21.2 Å². The zero-order valence-electron chi connectivity index (χ0n) is 9.65. The van der Waals surface area contributed by atoms with Gasteiger partial charge in [0.25, 0.3) is 0 Å². The van der Waals surface area contributed by atoms with Gasteiger partial charge in [-0.15, -0.1) is 0 Å². The number of likely N-dealkylation sites (tertiary alicyclic amines) is 1. The summed E-state index contributed by atoms with van der Waals surface area (Å²) in [6, 6.07) is -0.0141. The molecule has 16 heavy (non-hydrogen) atoms. The van der Waals surface area contributed by atoms with Crippen LogP contribution in [0.5, 0.6) is 0 Å². The van der Waals surface area contributed by atoms with E-state index in [9.17, 15) is 4.79 Å². The summed E-state index contributed by atoms with van der Waals surface area (Å²) in [4.78, 5) is 13.4. The molecule has 0 spiro atoms. The van der Waals surface area contributed by atoms with Crippen LogP contribution in [0.4, 0.5) is 4.79 Å². The smallest absolute Gasteiger partial charge is 0.317 e. The number of hydrogen-bond donors (Lipinski definition) is 3. The van der Waals surface area contributed by atoms with Crippen molar-refractivity contribution in [1.29, 1.82) is 0 Å². The largest absolute Gasteiger partial charge is 0.409 e. The number of carbonyl (C=O) groups excluding carboxylic acids is 1. The van der Waals surface area contributed by atoms with Crippen LogP contribution >= 0.6 is 0 Å². The summed E-state index contributed by atoms with van der Waals surface area (Å²) < 4.78 is 0. The van der Waals surface area contributed by atoms with Gasteiger partial charge in [0.05, 0.1) is 0 Å². The Morgan fingerprint density at radius 1 is 1.56 bits per heavy atom. The fourth-order valence-corrected chi connectivity index (χ4v) is 1.80. The number of nitrogens with one attached hydrogen (secondary N) is 1. The van der Waals surface area contributed by atoms with E-state index in [2.05, 4.69) is 10.5 Å². The molecule has 1 rings (SSSR count). The van der Waals surface area contributed by atoms with Gasteiger partial charge in [-0.05, 0) is 19.3 Å². The highest BCUT2D eigenvalue weighted by Crippen LogP contribution is 2.17.